The van der Waals surface area contributed by atoms with Gasteiger partial charge in [0.25, 0.3) is 0 Å². The second-order valence-electron chi connectivity index (χ2n) is 5.20. The molecule has 1 aliphatic heterocycles. The maximum atomic E-state index is 11.6. The predicted octanol–water partition coefficient (Wildman–Crippen LogP) is 0.568. The summed E-state index contributed by atoms with van der Waals surface area (Å²) in [5.41, 5.74) is 5.83. The van der Waals surface area contributed by atoms with Gasteiger partial charge in [0.05, 0.1) is 12.7 Å². The van der Waals surface area contributed by atoms with Crippen LogP contribution in [0.1, 0.15) is 38.5 Å². The molecule has 0 aromatic rings. The lowest BCUT2D eigenvalue weighted by Crippen LogP contribution is -2.37. The molecule has 5 heteroatoms. The fourth-order valence-corrected chi connectivity index (χ4v) is 2.55. The summed E-state index contributed by atoms with van der Waals surface area (Å²) in [6.45, 7) is 1.86. The topological polar surface area (TPSA) is 73.6 Å². The SMILES string of the molecule is NC1CCC(OCCNC(=O)C2CCCO2)CC1. The van der Waals surface area contributed by atoms with Crippen LogP contribution in [-0.2, 0) is 14.3 Å². The summed E-state index contributed by atoms with van der Waals surface area (Å²) in [6.07, 6.45) is 6.09. The molecule has 3 N–H and O–H groups in total. The molecule has 5 nitrogen and oxygen atoms in total. The zero-order valence-electron chi connectivity index (χ0n) is 10.9. The average molecular weight is 256 g/mol. The minimum Gasteiger partial charge on any atom is -0.376 e. The highest BCUT2D eigenvalue weighted by molar-refractivity contribution is 5.80. The number of hydrogen-bond acceptors (Lipinski definition) is 4. The monoisotopic (exact) mass is 256 g/mol. The summed E-state index contributed by atoms with van der Waals surface area (Å²) >= 11 is 0. The first-order valence-electron chi connectivity index (χ1n) is 7.02. The zero-order chi connectivity index (χ0) is 12.8. The van der Waals surface area contributed by atoms with Crippen molar-refractivity contribution in [2.24, 2.45) is 5.73 Å². The van der Waals surface area contributed by atoms with E-state index in [0.29, 0.717) is 31.9 Å². The first-order valence-corrected chi connectivity index (χ1v) is 7.02. The van der Waals surface area contributed by atoms with Crippen molar-refractivity contribution < 1.29 is 14.3 Å². The smallest absolute Gasteiger partial charge is 0.249 e. The third-order valence-corrected chi connectivity index (χ3v) is 3.70. The first-order chi connectivity index (χ1) is 8.75. The summed E-state index contributed by atoms with van der Waals surface area (Å²) in [5, 5.41) is 2.86. The lowest BCUT2D eigenvalue weighted by Gasteiger charge is -2.26. The van der Waals surface area contributed by atoms with E-state index in [1.165, 1.54) is 0 Å². The van der Waals surface area contributed by atoms with Gasteiger partial charge in [0.2, 0.25) is 5.91 Å². The highest BCUT2D eigenvalue weighted by atomic mass is 16.5. The Morgan fingerprint density at radius 3 is 2.72 bits per heavy atom. The zero-order valence-corrected chi connectivity index (χ0v) is 10.9. The molecule has 1 unspecified atom stereocenters. The van der Waals surface area contributed by atoms with Crippen LogP contribution in [0, 0.1) is 0 Å². The Labute approximate surface area is 108 Å². The largest absolute Gasteiger partial charge is 0.376 e. The number of nitrogens with two attached hydrogens (primary N) is 1. The lowest BCUT2D eigenvalue weighted by molar-refractivity contribution is -0.130. The van der Waals surface area contributed by atoms with E-state index in [1.807, 2.05) is 0 Å². The number of carbonyl (C=O) groups excluding carboxylic acids is 1. The highest BCUT2D eigenvalue weighted by Crippen LogP contribution is 2.19. The first kappa shape index (κ1) is 13.8. The van der Waals surface area contributed by atoms with Gasteiger partial charge in [-0.25, -0.2) is 0 Å². The van der Waals surface area contributed by atoms with Crippen LogP contribution in [0.4, 0.5) is 0 Å². The Balaban J connectivity index is 1.51. The van der Waals surface area contributed by atoms with Gasteiger partial charge in [-0.3, -0.25) is 4.79 Å². The maximum absolute atomic E-state index is 11.6. The van der Waals surface area contributed by atoms with Crippen LogP contribution in [-0.4, -0.2) is 43.9 Å². The number of hydrogen-bond donors (Lipinski definition) is 2. The van der Waals surface area contributed by atoms with Crippen molar-refractivity contribution in [1.82, 2.24) is 5.32 Å². The molecule has 0 aromatic heterocycles. The summed E-state index contributed by atoms with van der Waals surface area (Å²) in [7, 11) is 0. The molecular weight excluding hydrogens is 232 g/mol. The van der Waals surface area contributed by atoms with Crippen LogP contribution in [0.3, 0.4) is 0 Å². The molecule has 1 saturated heterocycles. The normalized spacial score (nSPS) is 32.4. The minimum absolute atomic E-state index is 0.00164. The van der Waals surface area contributed by atoms with E-state index in [2.05, 4.69) is 5.32 Å². The molecule has 2 fully saturated rings. The van der Waals surface area contributed by atoms with Gasteiger partial charge in [0, 0.05) is 19.2 Å². The van der Waals surface area contributed by atoms with Crippen molar-refractivity contribution in [2.75, 3.05) is 19.8 Å². The molecule has 1 heterocycles. The molecular formula is C13H24N2O3. The molecule has 0 bridgehead atoms. The number of carbonyl (C=O) groups is 1. The van der Waals surface area contributed by atoms with Gasteiger partial charge in [0.15, 0.2) is 0 Å². The Hall–Kier alpha value is -0.650. The van der Waals surface area contributed by atoms with Gasteiger partial charge in [-0.2, -0.15) is 0 Å². The fraction of sp³-hybridized carbons (Fsp3) is 0.923. The van der Waals surface area contributed by atoms with Crippen LogP contribution in [0.5, 0.6) is 0 Å². The summed E-state index contributed by atoms with van der Waals surface area (Å²) in [5.74, 6) is 0.00164. The number of amides is 1. The summed E-state index contributed by atoms with van der Waals surface area (Å²) < 4.78 is 11.0. The second kappa shape index (κ2) is 7.07. The van der Waals surface area contributed by atoms with E-state index in [4.69, 9.17) is 15.2 Å². The Morgan fingerprint density at radius 1 is 1.28 bits per heavy atom. The molecule has 0 aromatic carbocycles. The van der Waals surface area contributed by atoms with E-state index < -0.39 is 0 Å². The highest BCUT2D eigenvalue weighted by Gasteiger charge is 2.23. The van der Waals surface area contributed by atoms with Crippen molar-refractivity contribution >= 4 is 5.91 Å². The van der Waals surface area contributed by atoms with E-state index in [9.17, 15) is 4.79 Å². The van der Waals surface area contributed by atoms with E-state index in [0.717, 1.165) is 38.5 Å². The Kier molecular flexibility index (Phi) is 5.41. The molecule has 1 amide bonds. The van der Waals surface area contributed by atoms with Crippen molar-refractivity contribution in [1.29, 1.82) is 0 Å². The van der Waals surface area contributed by atoms with Gasteiger partial charge in [-0.15, -0.1) is 0 Å². The minimum atomic E-state index is -0.238. The van der Waals surface area contributed by atoms with E-state index in [1.54, 1.807) is 0 Å². The summed E-state index contributed by atoms with van der Waals surface area (Å²) in [4.78, 5) is 11.6. The van der Waals surface area contributed by atoms with Gasteiger partial charge in [-0.05, 0) is 38.5 Å². The molecule has 1 aliphatic carbocycles. The van der Waals surface area contributed by atoms with Crippen LogP contribution in [0.25, 0.3) is 0 Å². The Morgan fingerprint density at radius 2 is 2.06 bits per heavy atom. The van der Waals surface area contributed by atoms with Crippen LogP contribution in [0.15, 0.2) is 0 Å². The Bertz CT molecular complexity index is 259. The molecule has 18 heavy (non-hydrogen) atoms. The van der Waals surface area contributed by atoms with Crippen molar-refractivity contribution in [3.63, 3.8) is 0 Å². The van der Waals surface area contributed by atoms with Gasteiger partial charge in [-0.1, -0.05) is 0 Å². The van der Waals surface area contributed by atoms with Gasteiger partial charge >= 0.3 is 0 Å². The van der Waals surface area contributed by atoms with Crippen LogP contribution in [0.2, 0.25) is 0 Å². The summed E-state index contributed by atoms with van der Waals surface area (Å²) in [6, 6.07) is 0.351. The van der Waals surface area contributed by atoms with E-state index >= 15 is 0 Å². The molecule has 2 aliphatic rings. The lowest BCUT2D eigenvalue weighted by atomic mass is 9.94. The molecule has 104 valence electrons. The fourth-order valence-electron chi connectivity index (χ4n) is 2.55. The van der Waals surface area contributed by atoms with Crippen LogP contribution >= 0.6 is 0 Å². The number of ether oxygens (including phenoxy) is 2. The third kappa shape index (κ3) is 4.23. The average Bonchev–Trinajstić information content (AvgIpc) is 2.90. The predicted molar refractivity (Wildman–Crippen MR) is 68.2 cm³/mol. The van der Waals surface area contributed by atoms with Crippen molar-refractivity contribution in [3.05, 3.63) is 0 Å². The molecule has 2 rings (SSSR count). The number of nitrogens with one attached hydrogen (secondary N) is 1. The quantitative estimate of drug-likeness (QED) is 0.705. The van der Waals surface area contributed by atoms with E-state index in [-0.39, 0.29) is 12.0 Å². The molecule has 1 saturated carbocycles. The molecule has 0 spiro atoms. The third-order valence-electron chi connectivity index (χ3n) is 3.70. The number of rotatable bonds is 5. The van der Waals surface area contributed by atoms with Gasteiger partial charge in [0.1, 0.15) is 6.10 Å². The maximum Gasteiger partial charge on any atom is 0.249 e. The van der Waals surface area contributed by atoms with Gasteiger partial charge < -0.3 is 20.5 Å². The second-order valence-corrected chi connectivity index (χ2v) is 5.20. The molecule has 0 radical (unpaired) electrons. The van der Waals surface area contributed by atoms with Crippen LogP contribution < -0.4 is 11.1 Å². The molecule has 1 atom stereocenters. The standard InChI is InChI=1S/C13H24N2O3/c14-10-3-5-11(6-4-10)17-9-7-15-13(16)12-2-1-8-18-12/h10-12H,1-9,14H2,(H,15,16). The van der Waals surface area contributed by atoms with Crippen molar-refractivity contribution in [3.8, 4) is 0 Å². The van der Waals surface area contributed by atoms with Crippen molar-refractivity contribution in [2.45, 2.75) is 56.8 Å².